The molecule has 10 heteroatoms. The molecular formula is C20H22F4N2O4. The lowest BCUT2D eigenvalue weighted by Gasteiger charge is -2.47. The number of rotatable bonds is 5. The van der Waals surface area contributed by atoms with E-state index in [0.717, 1.165) is 6.07 Å². The molecule has 1 aromatic rings. The third-order valence-electron chi connectivity index (χ3n) is 6.06. The maximum Gasteiger partial charge on any atom is 0.416 e. The third kappa shape index (κ3) is 3.79. The summed E-state index contributed by atoms with van der Waals surface area (Å²) in [5.74, 6) is -1.42. The fourth-order valence-electron chi connectivity index (χ4n) is 4.35. The summed E-state index contributed by atoms with van der Waals surface area (Å²) < 4.78 is 63.4. The molecular weight excluding hydrogens is 408 g/mol. The van der Waals surface area contributed by atoms with E-state index in [0.29, 0.717) is 32.0 Å². The second-order valence-corrected chi connectivity index (χ2v) is 8.30. The molecule has 30 heavy (non-hydrogen) atoms. The van der Waals surface area contributed by atoms with Gasteiger partial charge in [0.25, 0.3) is 0 Å². The normalized spacial score (nSPS) is 26.1. The van der Waals surface area contributed by atoms with Crippen LogP contribution in [0, 0.1) is 17.7 Å². The molecule has 0 radical (unpaired) electrons. The number of nitrogens with zero attached hydrogens (tertiary/aromatic N) is 1. The number of hydrogen-bond donors (Lipinski definition) is 1. The molecule has 2 amide bonds. The number of alkyl carbamates (subject to hydrolysis) is 1. The van der Waals surface area contributed by atoms with Gasteiger partial charge in [-0.3, -0.25) is 4.79 Å². The van der Waals surface area contributed by atoms with Crippen LogP contribution in [-0.4, -0.2) is 48.7 Å². The molecule has 2 saturated heterocycles. The number of nitrogens with one attached hydrogen (secondary N) is 1. The maximum atomic E-state index is 14.1. The highest BCUT2D eigenvalue weighted by Gasteiger charge is 2.54. The van der Waals surface area contributed by atoms with Gasteiger partial charge in [-0.05, 0) is 37.0 Å². The molecule has 1 aliphatic carbocycles. The number of aryl methyl sites for hydroxylation is 1. The van der Waals surface area contributed by atoms with Crippen molar-refractivity contribution in [2.75, 3.05) is 26.3 Å². The monoisotopic (exact) mass is 430 g/mol. The van der Waals surface area contributed by atoms with Crippen molar-refractivity contribution in [3.63, 3.8) is 0 Å². The van der Waals surface area contributed by atoms with Crippen molar-refractivity contribution in [3.8, 4) is 5.75 Å². The van der Waals surface area contributed by atoms with Gasteiger partial charge < -0.3 is 19.7 Å². The number of likely N-dealkylation sites (tertiary alicyclic amines) is 1. The van der Waals surface area contributed by atoms with E-state index >= 15 is 0 Å². The summed E-state index contributed by atoms with van der Waals surface area (Å²) >= 11 is 0. The van der Waals surface area contributed by atoms with Gasteiger partial charge in [-0.1, -0.05) is 6.92 Å². The Bertz CT molecular complexity index is 861. The SMILES string of the molecule is CCc1cc(OCC2CN(C(=O)[C@H]3C[C@]4(COC(=O)N4)C3)C2)c(F)cc1C(F)(F)F. The number of carbonyl (C=O) groups is 2. The van der Waals surface area contributed by atoms with Crippen LogP contribution in [0.25, 0.3) is 0 Å². The first-order chi connectivity index (χ1) is 14.1. The summed E-state index contributed by atoms with van der Waals surface area (Å²) in [7, 11) is 0. The number of carbonyl (C=O) groups excluding carboxylic acids is 2. The minimum absolute atomic E-state index is 0.00649. The fraction of sp³-hybridized carbons (Fsp3) is 0.600. The van der Waals surface area contributed by atoms with Gasteiger partial charge in [0.15, 0.2) is 11.6 Å². The van der Waals surface area contributed by atoms with Gasteiger partial charge in [0.2, 0.25) is 5.91 Å². The van der Waals surface area contributed by atoms with Crippen LogP contribution in [0.15, 0.2) is 12.1 Å². The van der Waals surface area contributed by atoms with E-state index in [1.165, 1.54) is 0 Å². The lowest BCUT2D eigenvalue weighted by molar-refractivity contribution is -0.148. The molecule has 0 atom stereocenters. The largest absolute Gasteiger partial charge is 0.490 e. The first kappa shape index (κ1) is 20.7. The Balaban J connectivity index is 1.26. The molecule has 0 aromatic heterocycles. The Morgan fingerprint density at radius 1 is 1.33 bits per heavy atom. The predicted octanol–water partition coefficient (Wildman–Crippen LogP) is 3.13. The molecule has 1 saturated carbocycles. The van der Waals surface area contributed by atoms with Crippen LogP contribution in [0.2, 0.25) is 0 Å². The van der Waals surface area contributed by atoms with E-state index < -0.39 is 29.2 Å². The van der Waals surface area contributed by atoms with Gasteiger partial charge in [-0.25, -0.2) is 9.18 Å². The second-order valence-electron chi connectivity index (χ2n) is 8.30. The standard InChI is InChI=1S/C20H22F4N2O4/c1-2-12-3-16(15(21)4-14(12)20(22,23)24)29-9-11-7-26(8-11)17(27)13-5-19(6-13)10-30-18(28)25-19/h3-4,11,13H,2,5-10H2,1H3,(H,25,28)/t13-,19+. The van der Waals surface area contributed by atoms with Crippen molar-refractivity contribution in [2.45, 2.75) is 37.9 Å². The molecule has 0 bridgehead atoms. The fourth-order valence-corrected chi connectivity index (χ4v) is 4.35. The average molecular weight is 430 g/mol. The van der Waals surface area contributed by atoms with Gasteiger partial charge in [0.1, 0.15) is 6.61 Å². The average Bonchev–Trinajstić information content (AvgIpc) is 3.01. The maximum absolute atomic E-state index is 14.1. The Morgan fingerprint density at radius 3 is 2.60 bits per heavy atom. The van der Waals surface area contributed by atoms with E-state index in [-0.39, 0.29) is 48.7 Å². The Morgan fingerprint density at radius 2 is 2.03 bits per heavy atom. The molecule has 1 spiro atoms. The summed E-state index contributed by atoms with van der Waals surface area (Å²) in [6, 6.07) is 1.58. The highest BCUT2D eigenvalue weighted by molar-refractivity contribution is 5.82. The molecule has 6 nitrogen and oxygen atoms in total. The Labute approximate surface area is 170 Å². The molecule has 3 aliphatic rings. The quantitative estimate of drug-likeness (QED) is 0.729. The van der Waals surface area contributed by atoms with Crippen molar-refractivity contribution >= 4 is 12.0 Å². The zero-order chi connectivity index (χ0) is 21.7. The molecule has 0 unspecified atom stereocenters. The van der Waals surface area contributed by atoms with Crippen LogP contribution in [0.1, 0.15) is 30.9 Å². The van der Waals surface area contributed by atoms with Gasteiger partial charge in [0.05, 0.1) is 17.7 Å². The molecule has 3 fully saturated rings. The molecule has 2 heterocycles. The number of benzene rings is 1. The molecule has 1 N–H and O–H groups in total. The van der Waals surface area contributed by atoms with E-state index in [1.807, 2.05) is 0 Å². The minimum atomic E-state index is -4.62. The van der Waals surface area contributed by atoms with E-state index in [1.54, 1.807) is 11.8 Å². The summed E-state index contributed by atoms with van der Waals surface area (Å²) in [5.41, 5.74) is -1.43. The van der Waals surface area contributed by atoms with Crippen LogP contribution < -0.4 is 10.1 Å². The summed E-state index contributed by atoms with van der Waals surface area (Å²) in [6.07, 6.45) is -3.88. The number of cyclic esters (lactones) is 1. The molecule has 2 aliphatic heterocycles. The van der Waals surface area contributed by atoms with Crippen LogP contribution in [0.5, 0.6) is 5.75 Å². The number of hydrogen-bond acceptors (Lipinski definition) is 4. The van der Waals surface area contributed by atoms with Gasteiger partial charge in [-0.2, -0.15) is 13.2 Å². The lowest BCUT2D eigenvalue weighted by atomic mass is 9.68. The van der Waals surface area contributed by atoms with E-state index in [2.05, 4.69) is 5.32 Å². The molecule has 4 rings (SSSR count). The first-order valence-corrected chi connectivity index (χ1v) is 9.86. The number of ether oxygens (including phenoxy) is 2. The van der Waals surface area contributed by atoms with Gasteiger partial charge in [-0.15, -0.1) is 0 Å². The molecule has 1 aromatic carbocycles. The van der Waals surface area contributed by atoms with Crippen LogP contribution in [0.4, 0.5) is 22.4 Å². The summed E-state index contributed by atoms with van der Waals surface area (Å²) in [4.78, 5) is 25.3. The zero-order valence-corrected chi connectivity index (χ0v) is 16.4. The van der Waals surface area contributed by atoms with Crippen molar-refractivity contribution in [1.29, 1.82) is 0 Å². The minimum Gasteiger partial charge on any atom is -0.490 e. The van der Waals surface area contributed by atoms with Gasteiger partial charge in [0, 0.05) is 24.9 Å². The van der Waals surface area contributed by atoms with Crippen molar-refractivity contribution in [1.82, 2.24) is 10.2 Å². The number of amides is 2. The summed E-state index contributed by atoms with van der Waals surface area (Å²) in [6.45, 7) is 2.87. The van der Waals surface area contributed by atoms with Crippen LogP contribution in [-0.2, 0) is 22.1 Å². The smallest absolute Gasteiger partial charge is 0.416 e. The van der Waals surface area contributed by atoms with Crippen LogP contribution >= 0.6 is 0 Å². The van der Waals surface area contributed by atoms with Crippen molar-refractivity contribution in [2.24, 2.45) is 11.8 Å². The Kier molecular flexibility index (Phi) is 5.06. The lowest BCUT2D eigenvalue weighted by Crippen LogP contribution is -2.61. The van der Waals surface area contributed by atoms with E-state index in [4.69, 9.17) is 9.47 Å². The summed E-state index contributed by atoms with van der Waals surface area (Å²) in [5, 5.41) is 2.74. The number of alkyl halides is 3. The van der Waals surface area contributed by atoms with E-state index in [9.17, 15) is 27.2 Å². The topological polar surface area (TPSA) is 67.9 Å². The highest BCUT2D eigenvalue weighted by atomic mass is 19.4. The Hall–Kier alpha value is -2.52. The number of halogens is 4. The molecule has 164 valence electrons. The highest BCUT2D eigenvalue weighted by Crippen LogP contribution is 2.42. The zero-order valence-electron chi connectivity index (χ0n) is 16.4. The van der Waals surface area contributed by atoms with Gasteiger partial charge >= 0.3 is 12.3 Å². The second kappa shape index (κ2) is 7.31. The van der Waals surface area contributed by atoms with Crippen molar-refractivity contribution in [3.05, 3.63) is 29.1 Å². The predicted molar refractivity (Wildman–Crippen MR) is 96.3 cm³/mol. The van der Waals surface area contributed by atoms with Crippen LogP contribution in [0.3, 0.4) is 0 Å². The van der Waals surface area contributed by atoms with Crippen molar-refractivity contribution < 1.29 is 36.6 Å². The first-order valence-electron chi connectivity index (χ1n) is 9.86. The third-order valence-corrected chi connectivity index (χ3v) is 6.06.